The van der Waals surface area contributed by atoms with Crippen LogP contribution in [0.1, 0.15) is 12.2 Å². The minimum Gasteiger partial charge on any atom is -0.467 e. The number of amides is 3. The average molecular weight is 267 g/mol. The molecule has 1 atom stereocenters. The fraction of sp³-hybridized carbons (Fsp3) is 0.500. The summed E-state index contributed by atoms with van der Waals surface area (Å²) in [5.74, 6) is 0.233. The van der Waals surface area contributed by atoms with Gasteiger partial charge in [-0.1, -0.05) is 0 Å². The number of furan rings is 1. The number of rotatable bonds is 4. The number of imide groups is 1. The highest BCUT2D eigenvalue weighted by molar-refractivity contribution is 5.95. The third-order valence-corrected chi connectivity index (χ3v) is 2.87. The van der Waals surface area contributed by atoms with E-state index in [1.807, 2.05) is 0 Å². The Bertz CT molecular complexity index is 432. The highest BCUT2D eigenvalue weighted by Gasteiger charge is 2.22. The first-order valence-corrected chi connectivity index (χ1v) is 6.14. The fourth-order valence-corrected chi connectivity index (χ4v) is 1.95. The first-order valence-electron chi connectivity index (χ1n) is 6.14. The number of carbonyl (C=O) groups is 2. The van der Waals surface area contributed by atoms with E-state index in [0.29, 0.717) is 25.3 Å². The van der Waals surface area contributed by atoms with Gasteiger partial charge in [-0.2, -0.15) is 0 Å². The van der Waals surface area contributed by atoms with Crippen LogP contribution in [-0.4, -0.2) is 47.7 Å². The zero-order valence-electron chi connectivity index (χ0n) is 10.5. The Labute approximate surface area is 110 Å². The van der Waals surface area contributed by atoms with Crippen LogP contribution in [0, 0.1) is 0 Å². The van der Waals surface area contributed by atoms with Crippen LogP contribution in [0.25, 0.3) is 0 Å². The third-order valence-electron chi connectivity index (χ3n) is 2.87. The maximum Gasteiger partial charge on any atom is 0.321 e. The Balaban J connectivity index is 1.65. The van der Waals surface area contributed by atoms with Gasteiger partial charge in [-0.05, 0) is 18.6 Å². The van der Waals surface area contributed by atoms with E-state index in [2.05, 4.69) is 10.6 Å². The summed E-state index contributed by atoms with van der Waals surface area (Å²) in [5.41, 5.74) is 0. The number of hydrogen-bond donors (Lipinski definition) is 3. The fourth-order valence-electron chi connectivity index (χ4n) is 1.95. The molecule has 1 fully saturated rings. The smallest absolute Gasteiger partial charge is 0.321 e. The molecule has 7 nitrogen and oxygen atoms in total. The van der Waals surface area contributed by atoms with Crippen molar-refractivity contribution in [2.24, 2.45) is 0 Å². The second-order valence-corrected chi connectivity index (χ2v) is 4.49. The van der Waals surface area contributed by atoms with E-state index in [1.54, 1.807) is 17.0 Å². The van der Waals surface area contributed by atoms with Gasteiger partial charge in [0.2, 0.25) is 5.91 Å². The van der Waals surface area contributed by atoms with Crippen LogP contribution in [-0.2, 0) is 11.3 Å². The monoisotopic (exact) mass is 267 g/mol. The summed E-state index contributed by atoms with van der Waals surface area (Å²) in [7, 11) is 0. The average Bonchev–Trinajstić information content (AvgIpc) is 2.98. The van der Waals surface area contributed by atoms with E-state index >= 15 is 0 Å². The van der Waals surface area contributed by atoms with Gasteiger partial charge < -0.3 is 14.8 Å². The molecule has 3 N–H and O–H groups in total. The number of nitrogens with zero attached hydrogens (tertiary/aromatic N) is 1. The van der Waals surface area contributed by atoms with Gasteiger partial charge in [0, 0.05) is 13.1 Å². The minimum absolute atomic E-state index is 0.116. The van der Waals surface area contributed by atoms with Crippen LogP contribution in [0.4, 0.5) is 4.79 Å². The second kappa shape index (κ2) is 6.35. The molecular weight excluding hydrogens is 250 g/mol. The van der Waals surface area contributed by atoms with E-state index in [1.165, 1.54) is 6.26 Å². The van der Waals surface area contributed by atoms with E-state index in [-0.39, 0.29) is 25.1 Å². The lowest BCUT2D eigenvalue weighted by molar-refractivity contribution is -0.121. The largest absolute Gasteiger partial charge is 0.467 e. The number of urea groups is 1. The second-order valence-electron chi connectivity index (χ2n) is 4.49. The Morgan fingerprint density at radius 2 is 2.37 bits per heavy atom. The Kier molecular flexibility index (Phi) is 4.53. The maximum atomic E-state index is 11.6. The molecule has 1 saturated heterocycles. The molecule has 19 heavy (non-hydrogen) atoms. The van der Waals surface area contributed by atoms with Crippen LogP contribution >= 0.6 is 0 Å². The molecule has 3 amide bonds. The summed E-state index contributed by atoms with van der Waals surface area (Å²) in [4.78, 5) is 24.8. The number of carbonyl (C=O) groups excluding carboxylic acids is 2. The molecule has 1 aliphatic rings. The summed E-state index contributed by atoms with van der Waals surface area (Å²) < 4.78 is 5.04. The first kappa shape index (κ1) is 13.6. The number of aliphatic hydroxyl groups is 1. The third kappa shape index (κ3) is 4.38. The molecule has 1 aromatic rings. The molecule has 0 aliphatic carbocycles. The predicted octanol–water partition coefficient (Wildman–Crippen LogP) is -0.328. The zero-order chi connectivity index (χ0) is 13.7. The molecular formula is C12H17N3O4. The van der Waals surface area contributed by atoms with Gasteiger partial charge in [0.05, 0.1) is 25.5 Å². The number of hydrogen-bond acceptors (Lipinski definition) is 5. The van der Waals surface area contributed by atoms with Crippen LogP contribution in [0.3, 0.4) is 0 Å². The molecule has 1 aromatic heterocycles. The molecule has 0 saturated carbocycles. The lowest BCUT2D eigenvalue weighted by Crippen LogP contribution is -2.44. The Morgan fingerprint density at radius 3 is 3.00 bits per heavy atom. The topological polar surface area (TPSA) is 94.8 Å². The maximum absolute atomic E-state index is 11.6. The van der Waals surface area contributed by atoms with Crippen molar-refractivity contribution in [1.29, 1.82) is 0 Å². The van der Waals surface area contributed by atoms with Crippen molar-refractivity contribution in [2.75, 3.05) is 19.6 Å². The van der Waals surface area contributed by atoms with Gasteiger partial charge in [-0.25, -0.2) is 4.79 Å². The summed E-state index contributed by atoms with van der Waals surface area (Å²) >= 11 is 0. The van der Waals surface area contributed by atoms with Gasteiger partial charge in [0.25, 0.3) is 0 Å². The van der Waals surface area contributed by atoms with Crippen molar-refractivity contribution in [3.8, 4) is 0 Å². The molecule has 2 rings (SSSR count). The standard InChI is InChI=1S/C12H17N3O4/c16-9-3-4-15(7-9)8-11(17)14-12(18)13-6-10-2-1-5-19-10/h1-2,5,9,16H,3-4,6-8H2,(H2,13,14,17,18). The van der Waals surface area contributed by atoms with E-state index in [4.69, 9.17) is 4.42 Å². The minimum atomic E-state index is -0.554. The van der Waals surface area contributed by atoms with Crippen LogP contribution in [0.15, 0.2) is 22.8 Å². The molecule has 0 bridgehead atoms. The van der Waals surface area contributed by atoms with Crippen LogP contribution < -0.4 is 10.6 Å². The van der Waals surface area contributed by atoms with Crippen molar-refractivity contribution in [1.82, 2.24) is 15.5 Å². The van der Waals surface area contributed by atoms with Gasteiger partial charge in [-0.15, -0.1) is 0 Å². The zero-order valence-corrected chi connectivity index (χ0v) is 10.5. The van der Waals surface area contributed by atoms with Gasteiger partial charge in [-0.3, -0.25) is 15.0 Å². The number of aliphatic hydroxyl groups excluding tert-OH is 1. The van der Waals surface area contributed by atoms with Gasteiger partial charge >= 0.3 is 6.03 Å². The summed E-state index contributed by atoms with van der Waals surface area (Å²) in [6.45, 7) is 1.49. The van der Waals surface area contributed by atoms with Gasteiger partial charge in [0.15, 0.2) is 0 Å². The van der Waals surface area contributed by atoms with E-state index in [0.717, 1.165) is 0 Å². The summed E-state index contributed by atoms with van der Waals surface area (Å²) in [6.07, 6.45) is 1.80. The molecule has 0 spiro atoms. The van der Waals surface area contributed by atoms with E-state index in [9.17, 15) is 14.7 Å². The molecule has 0 aromatic carbocycles. The highest BCUT2D eigenvalue weighted by Crippen LogP contribution is 2.07. The number of β-amino-alcohol motifs (C(OH)–C–C–N with tert-alkyl or cyclic N) is 1. The summed E-state index contributed by atoms with van der Waals surface area (Å²) in [5, 5.41) is 14.1. The number of likely N-dealkylation sites (tertiary alicyclic amines) is 1. The van der Waals surface area contributed by atoms with Crippen LogP contribution in [0.5, 0.6) is 0 Å². The van der Waals surface area contributed by atoms with Crippen molar-refractivity contribution < 1.29 is 19.1 Å². The first-order chi connectivity index (χ1) is 9.13. The Hall–Kier alpha value is -1.86. The molecule has 0 radical (unpaired) electrons. The SMILES string of the molecule is O=C(CN1CCC(O)C1)NC(=O)NCc1ccco1. The van der Waals surface area contributed by atoms with E-state index < -0.39 is 6.03 Å². The molecule has 7 heteroatoms. The normalized spacial score (nSPS) is 19.3. The van der Waals surface area contributed by atoms with Crippen molar-refractivity contribution in [3.05, 3.63) is 24.2 Å². The molecule has 1 aliphatic heterocycles. The molecule has 1 unspecified atom stereocenters. The van der Waals surface area contributed by atoms with Crippen molar-refractivity contribution in [2.45, 2.75) is 19.1 Å². The number of nitrogens with one attached hydrogen (secondary N) is 2. The Morgan fingerprint density at radius 1 is 1.53 bits per heavy atom. The quantitative estimate of drug-likeness (QED) is 0.694. The lowest BCUT2D eigenvalue weighted by Gasteiger charge is -2.13. The lowest BCUT2D eigenvalue weighted by atomic mass is 10.3. The molecule has 2 heterocycles. The van der Waals surface area contributed by atoms with Crippen molar-refractivity contribution >= 4 is 11.9 Å². The van der Waals surface area contributed by atoms with Crippen LogP contribution in [0.2, 0.25) is 0 Å². The van der Waals surface area contributed by atoms with Crippen molar-refractivity contribution in [3.63, 3.8) is 0 Å². The predicted molar refractivity (Wildman–Crippen MR) is 66.2 cm³/mol. The molecule has 104 valence electrons. The van der Waals surface area contributed by atoms with Gasteiger partial charge in [0.1, 0.15) is 5.76 Å². The highest BCUT2D eigenvalue weighted by atomic mass is 16.3. The summed E-state index contributed by atoms with van der Waals surface area (Å²) in [6, 6.07) is 2.90.